The van der Waals surface area contributed by atoms with Gasteiger partial charge in [-0.2, -0.15) is 0 Å². The van der Waals surface area contributed by atoms with E-state index in [2.05, 4.69) is 13.8 Å². The van der Waals surface area contributed by atoms with Crippen molar-refractivity contribution in [2.24, 2.45) is 11.7 Å². The Kier molecular flexibility index (Phi) is 6.85. The lowest BCUT2D eigenvalue weighted by Crippen LogP contribution is -2.21. The molecule has 0 saturated heterocycles. The molecule has 1 aromatic rings. The second-order valence-electron chi connectivity index (χ2n) is 5.52. The van der Waals surface area contributed by atoms with E-state index in [0.717, 1.165) is 24.8 Å². The van der Waals surface area contributed by atoms with Crippen LogP contribution in [0.1, 0.15) is 45.6 Å². The van der Waals surface area contributed by atoms with Gasteiger partial charge in [-0.1, -0.05) is 26.8 Å². The van der Waals surface area contributed by atoms with Crippen molar-refractivity contribution in [3.8, 4) is 5.75 Å². The topological polar surface area (TPSA) is 35.2 Å². The molecule has 1 rings (SSSR count). The van der Waals surface area contributed by atoms with Crippen LogP contribution in [0.2, 0.25) is 0 Å². The zero-order valence-corrected chi connectivity index (χ0v) is 12.3. The lowest BCUT2D eigenvalue weighted by Gasteiger charge is -2.11. The van der Waals surface area contributed by atoms with E-state index in [-0.39, 0.29) is 11.9 Å². The first-order valence-electron chi connectivity index (χ1n) is 7.19. The van der Waals surface area contributed by atoms with Gasteiger partial charge in [0.1, 0.15) is 0 Å². The minimum atomic E-state index is -0.287. The van der Waals surface area contributed by atoms with Crippen molar-refractivity contribution in [3.05, 3.63) is 29.6 Å². The fraction of sp³-hybridized carbons (Fsp3) is 0.625. The van der Waals surface area contributed by atoms with Gasteiger partial charge in [0, 0.05) is 6.04 Å². The summed E-state index contributed by atoms with van der Waals surface area (Å²) in [5.74, 6) is 0.717. The Labute approximate surface area is 116 Å². The van der Waals surface area contributed by atoms with E-state index in [1.54, 1.807) is 6.07 Å². The molecule has 0 aliphatic rings. The van der Waals surface area contributed by atoms with Crippen LogP contribution in [0.15, 0.2) is 18.2 Å². The van der Waals surface area contributed by atoms with Crippen LogP contribution in [-0.2, 0) is 6.42 Å². The summed E-state index contributed by atoms with van der Waals surface area (Å²) in [6.07, 6.45) is 3.67. The summed E-state index contributed by atoms with van der Waals surface area (Å²) >= 11 is 0. The van der Waals surface area contributed by atoms with E-state index in [0.29, 0.717) is 24.7 Å². The standard InChI is InChI=1S/C16H26FNO/c1-4-14(18)10-13-7-8-16(15(17)11-13)19-9-5-6-12(2)3/h7-8,11-12,14H,4-6,9-10,18H2,1-3H3. The second-order valence-corrected chi connectivity index (χ2v) is 5.52. The highest BCUT2D eigenvalue weighted by molar-refractivity contribution is 5.29. The van der Waals surface area contributed by atoms with Crippen molar-refractivity contribution in [3.63, 3.8) is 0 Å². The molecule has 1 unspecified atom stereocenters. The molecule has 0 bridgehead atoms. The molecule has 0 saturated carbocycles. The fourth-order valence-corrected chi connectivity index (χ4v) is 1.91. The van der Waals surface area contributed by atoms with Gasteiger partial charge in [-0.05, 0) is 49.3 Å². The van der Waals surface area contributed by atoms with Crippen molar-refractivity contribution in [2.45, 2.75) is 52.5 Å². The highest BCUT2D eigenvalue weighted by Gasteiger charge is 2.07. The number of halogens is 1. The Morgan fingerprint density at radius 1 is 1.32 bits per heavy atom. The van der Waals surface area contributed by atoms with E-state index in [1.807, 2.05) is 13.0 Å². The second kappa shape index (κ2) is 8.16. The van der Waals surface area contributed by atoms with Gasteiger partial charge in [0.05, 0.1) is 6.61 Å². The quantitative estimate of drug-likeness (QED) is 0.724. The first kappa shape index (κ1) is 16.0. The largest absolute Gasteiger partial charge is 0.491 e. The van der Waals surface area contributed by atoms with Gasteiger partial charge in [-0.3, -0.25) is 0 Å². The normalized spacial score (nSPS) is 12.7. The van der Waals surface area contributed by atoms with E-state index in [1.165, 1.54) is 6.07 Å². The first-order valence-corrected chi connectivity index (χ1v) is 7.19. The lowest BCUT2D eigenvalue weighted by molar-refractivity contribution is 0.284. The first-order chi connectivity index (χ1) is 9.02. The summed E-state index contributed by atoms with van der Waals surface area (Å²) in [6, 6.07) is 5.24. The SMILES string of the molecule is CCC(N)Cc1ccc(OCCCC(C)C)c(F)c1. The van der Waals surface area contributed by atoms with Crippen LogP contribution in [-0.4, -0.2) is 12.6 Å². The Bertz CT molecular complexity index is 379. The Morgan fingerprint density at radius 3 is 2.63 bits per heavy atom. The number of hydrogen-bond acceptors (Lipinski definition) is 2. The third-order valence-electron chi connectivity index (χ3n) is 3.20. The van der Waals surface area contributed by atoms with Crippen LogP contribution in [0.3, 0.4) is 0 Å². The summed E-state index contributed by atoms with van der Waals surface area (Å²) in [7, 11) is 0. The van der Waals surface area contributed by atoms with Gasteiger partial charge >= 0.3 is 0 Å². The van der Waals surface area contributed by atoms with E-state index in [9.17, 15) is 4.39 Å². The van der Waals surface area contributed by atoms with Gasteiger partial charge in [-0.25, -0.2) is 4.39 Å². The van der Waals surface area contributed by atoms with Gasteiger partial charge in [0.2, 0.25) is 0 Å². The van der Waals surface area contributed by atoms with Gasteiger partial charge in [0.15, 0.2) is 11.6 Å². The molecule has 1 aromatic carbocycles. The predicted octanol–water partition coefficient (Wildman–Crippen LogP) is 3.92. The van der Waals surface area contributed by atoms with Gasteiger partial charge < -0.3 is 10.5 Å². The minimum absolute atomic E-state index is 0.0946. The third-order valence-corrected chi connectivity index (χ3v) is 3.20. The molecule has 0 spiro atoms. The molecular formula is C16H26FNO. The van der Waals surface area contributed by atoms with E-state index >= 15 is 0 Å². The molecule has 0 heterocycles. The molecule has 2 N–H and O–H groups in total. The number of rotatable bonds is 8. The maximum Gasteiger partial charge on any atom is 0.165 e. The van der Waals surface area contributed by atoms with Crippen LogP contribution in [0, 0.1) is 11.7 Å². The molecule has 0 aromatic heterocycles. The van der Waals surface area contributed by atoms with Crippen LogP contribution >= 0.6 is 0 Å². The van der Waals surface area contributed by atoms with E-state index in [4.69, 9.17) is 10.5 Å². The number of benzene rings is 1. The van der Waals surface area contributed by atoms with Crippen LogP contribution in [0.5, 0.6) is 5.75 Å². The van der Waals surface area contributed by atoms with Crippen LogP contribution in [0.25, 0.3) is 0 Å². The number of ether oxygens (including phenoxy) is 1. The molecule has 0 fully saturated rings. The van der Waals surface area contributed by atoms with Crippen molar-refractivity contribution in [1.82, 2.24) is 0 Å². The molecule has 0 radical (unpaired) electrons. The average Bonchev–Trinajstić information content (AvgIpc) is 2.36. The Balaban J connectivity index is 2.48. The fourth-order valence-electron chi connectivity index (χ4n) is 1.91. The molecule has 0 aliphatic carbocycles. The number of hydrogen-bond donors (Lipinski definition) is 1. The summed E-state index contributed by atoms with van der Waals surface area (Å²) in [5.41, 5.74) is 6.80. The van der Waals surface area contributed by atoms with Crippen molar-refractivity contribution in [1.29, 1.82) is 0 Å². The Hall–Kier alpha value is -1.09. The molecular weight excluding hydrogens is 241 g/mol. The van der Waals surface area contributed by atoms with Crippen LogP contribution in [0.4, 0.5) is 4.39 Å². The predicted molar refractivity (Wildman–Crippen MR) is 77.9 cm³/mol. The van der Waals surface area contributed by atoms with Crippen molar-refractivity contribution < 1.29 is 9.13 Å². The molecule has 108 valence electrons. The summed E-state index contributed by atoms with van der Waals surface area (Å²) in [4.78, 5) is 0. The lowest BCUT2D eigenvalue weighted by atomic mass is 10.0. The average molecular weight is 267 g/mol. The molecule has 19 heavy (non-hydrogen) atoms. The third kappa shape index (κ3) is 6.06. The zero-order valence-electron chi connectivity index (χ0n) is 12.3. The highest BCUT2D eigenvalue weighted by atomic mass is 19.1. The highest BCUT2D eigenvalue weighted by Crippen LogP contribution is 2.20. The summed E-state index contributed by atoms with van der Waals surface area (Å²) < 4.78 is 19.3. The monoisotopic (exact) mass is 267 g/mol. The zero-order chi connectivity index (χ0) is 14.3. The minimum Gasteiger partial charge on any atom is -0.491 e. The smallest absolute Gasteiger partial charge is 0.165 e. The molecule has 0 amide bonds. The van der Waals surface area contributed by atoms with Crippen LogP contribution < -0.4 is 10.5 Å². The summed E-state index contributed by atoms with van der Waals surface area (Å²) in [6.45, 7) is 6.95. The Morgan fingerprint density at radius 2 is 2.05 bits per heavy atom. The maximum atomic E-state index is 13.8. The van der Waals surface area contributed by atoms with E-state index < -0.39 is 0 Å². The maximum absolute atomic E-state index is 13.8. The van der Waals surface area contributed by atoms with Gasteiger partial charge in [-0.15, -0.1) is 0 Å². The molecule has 0 aliphatic heterocycles. The molecule has 3 heteroatoms. The van der Waals surface area contributed by atoms with Crippen molar-refractivity contribution in [2.75, 3.05) is 6.61 Å². The molecule has 2 nitrogen and oxygen atoms in total. The van der Waals surface area contributed by atoms with Crippen molar-refractivity contribution >= 4 is 0 Å². The number of nitrogens with two attached hydrogens (primary N) is 1. The molecule has 1 atom stereocenters. The van der Waals surface area contributed by atoms with Gasteiger partial charge in [0.25, 0.3) is 0 Å². The summed E-state index contributed by atoms with van der Waals surface area (Å²) in [5, 5.41) is 0.